The molecule has 6 unspecified atom stereocenters. The van der Waals surface area contributed by atoms with Gasteiger partial charge in [-0.3, -0.25) is 4.79 Å². The Bertz CT molecular complexity index is 955. The quantitative estimate of drug-likeness (QED) is 0.414. The van der Waals surface area contributed by atoms with Crippen LogP contribution in [0.15, 0.2) is 36.4 Å². The SMILES string of the molecule is COc1cc2c(c(OC(OC(C)C(C)O)C(O)C(C)O)c1)C(=O)CC(c1ccc(O)cc1)O2. The van der Waals surface area contributed by atoms with Crippen molar-refractivity contribution in [3.05, 3.63) is 47.5 Å². The fourth-order valence-corrected chi connectivity index (χ4v) is 3.34. The minimum Gasteiger partial charge on any atom is -0.508 e. The fourth-order valence-electron chi connectivity index (χ4n) is 3.34. The highest BCUT2D eigenvalue weighted by molar-refractivity contribution is 6.02. The van der Waals surface area contributed by atoms with E-state index in [0.29, 0.717) is 11.3 Å². The monoisotopic (exact) mass is 462 g/mol. The van der Waals surface area contributed by atoms with E-state index in [-0.39, 0.29) is 35.0 Å². The second-order valence-corrected chi connectivity index (χ2v) is 8.12. The molecule has 0 aliphatic carbocycles. The maximum atomic E-state index is 13.1. The molecule has 6 atom stereocenters. The predicted molar refractivity (Wildman–Crippen MR) is 118 cm³/mol. The van der Waals surface area contributed by atoms with Gasteiger partial charge in [-0.05, 0) is 38.5 Å². The van der Waals surface area contributed by atoms with E-state index in [9.17, 15) is 25.2 Å². The van der Waals surface area contributed by atoms with E-state index in [1.54, 1.807) is 25.1 Å². The number of aliphatic hydroxyl groups excluding tert-OH is 3. The molecule has 0 radical (unpaired) electrons. The number of methoxy groups -OCH3 is 1. The third-order valence-electron chi connectivity index (χ3n) is 5.50. The van der Waals surface area contributed by atoms with Crippen LogP contribution in [0.25, 0.3) is 0 Å². The number of hydrogen-bond acceptors (Lipinski definition) is 9. The summed E-state index contributed by atoms with van der Waals surface area (Å²) in [5.41, 5.74) is 0.871. The zero-order chi connectivity index (χ0) is 24.3. The van der Waals surface area contributed by atoms with Crippen molar-refractivity contribution in [3.63, 3.8) is 0 Å². The number of phenols is 1. The topological polar surface area (TPSA) is 135 Å². The van der Waals surface area contributed by atoms with Gasteiger partial charge in [0.05, 0.1) is 31.8 Å². The van der Waals surface area contributed by atoms with Gasteiger partial charge in [-0.2, -0.15) is 0 Å². The molecule has 1 heterocycles. The van der Waals surface area contributed by atoms with Crippen molar-refractivity contribution in [1.29, 1.82) is 0 Å². The van der Waals surface area contributed by atoms with Crippen LogP contribution in [0.2, 0.25) is 0 Å². The Labute approximate surface area is 192 Å². The maximum absolute atomic E-state index is 13.1. The van der Waals surface area contributed by atoms with Crippen molar-refractivity contribution in [2.45, 2.75) is 64.0 Å². The third-order valence-corrected chi connectivity index (χ3v) is 5.50. The molecule has 33 heavy (non-hydrogen) atoms. The summed E-state index contributed by atoms with van der Waals surface area (Å²) in [6, 6.07) is 9.42. The number of carbonyl (C=O) groups is 1. The summed E-state index contributed by atoms with van der Waals surface area (Å²) in [6.07, 6.45) is -6.19. The van der Waals surface area contributed by atoms with Gasteiger partial charge in [-0.1, -0.05) is 12.1 Å². The van der Waals surface area contributed by atoms with Gasteiger partial charge in [0.15, 0.2) is 5.78 Å². The largest absolute Gasteiger partial charge is 0.508 e. The highest BCUT2D eigenvalue weighted by Gasteiger charge is 2.35. The zero-order valence-corrected chi connectivity index (χ0v) is 19.0. The van der Waals surface area contributed by atoms with Crippen LogP contribution in [-0.2, 0) is 4.74 Å². The number of fused-ring (bicyclic) bond motifs is 1. The van der Waals surface area contributed by atoms with Crippen LogP contribution < -0.4 is 14.2 Å². The summed E-state index contributed by atoms with van der Waals surface area (Å²) >= 11 is 0. The summed E-state index contributed by atoms with van der Waals surface area (Å²) in [7, 11) is 1.45. The van der Waals surface area contributed by atoms with Gasteiger partial charge in [0.25, 0.3) is 0 Å². The number of Topliss-reactive ketones (excluding diaryl/α,β-unsaturated/α-hetero) is 1. The molecule has 1 aliphatic heterocycles. The van der Waals surface area contributed by atoms with Gasteiger partial charge in [0.2, 0.25) is 6.29 Å². The molecule has 0 spiro atoms. The van der Waals surface area contributed by atoms with Crippen LogP contribution in [0.3, 0.4) is 0 Å². The molecule has 0 bridgehead atoms. The number of ether oxygens (including phenoxy) is 4. The Morgan fingerprint density at radius 1 is 1.03 bits per heavy atom. The Morgan fingerprint density at radius 3 is 2.27 bits per heavy atom. The van der Waals surface area contributed by atoms with E-state index in [1.807, 2.05) is 0 Å². The molecule has 0 fully saturated rings. The summed E-state index contributed by atoms with van der Waals surface area (Å²) in [6.45, 7) is 4.48. The third kappa shape index (κ3) is 5.75. The Morgan fingerprint density at radius 2 is 1.70 bits per heavy atom. The lowest BCUT2D eigenvalue weighted by Crippen LogP contribution is -2.45. The molecule has 9 nitrogen and oxygen atoms in total. The molecule has 2 aromatic rings. The normalized spacial score (nSPS) is 20.1. The van der Waals surface area contributed by atoms with Gasteiger partial charge in [0, 0.05) is 12.1 Å². The molecule has 0 amide bonds. The van der Waals surface area contributed by atoms with Gasteiger partial charge in [-0.15, -0.1) is 0 Å². The van der Waals surface area contributed by atoms with Crippen molar-refractivity contribution < 1.29 is 44.2 Å². The van der Waals surface area contributed by atoms with E-state index in [0.717, 1.165) is 0 Å². The minimum absolute atomic E-state index is 0.0228. The van der Waals surface area contributed by atoms with Gasteiger partial charge < -0.3 is 39.4 Å². The Kier molecular flexibility index (Phi) is 7.80. The molecule has 2 aromatic carbocycles. The van der Waals surface area contributed by atoms with Gasteiger partial charge >= 0.3 is 0 Å². The van der Waals surface area contributed by atoms with Crippen LogP contribution in [0.1, 0.15) is 49.2 Å². The molecule has 0 aromatic heterocycles. The predicted octanol–water partition coefficient (Wildman–Crippen LogP) is 2.34. The number of aliphatic hydroxyl groups is 3. The second kappa shape index (κ2) is 10.4. The van der Waals surface area contributed by atoms with Crippen molar-refractivity contribution in [3.8, 4) is 23.0 Å². The minimum atomic E-state index is -1.46. The molecule has 4 N–H and O–H groups in total. The lowest BCUT2D eigenvalue weighted by atomic mass is 9.95. The van der Waals surface area contributed by atoms with Crippen LogP contribution in [0, 0.1) is 0 Å². The number of ketones is 1. The number of phenolic OH excluding ortho intramolecular Hbond substituents is 1. The lowest BCUT2D eigenvalue weighted by Gasteiger charge is -2.32. The smallest absolute Gasteiger partial charge is 0.229 e. The standard InChI is InChI=1S/C24H30O9/c1-12(25)14(3)31-24(23(29)13(2)26)33-21-10-17(30-4)9-20-22(21)18(28)11-19(32-20)15-5-7-16(27)8-6-15/h5-10,12-14,19,23-27,29H,11H2,1-4H3. The van der Waals surface area contributed by atoms with Crippen molar-refractivity contribution in [2.75, 3.05) is 7.11 Å². The molecule has 3 rings (SSSR count). The summed E-state index contributed by atoms with van der Waals surface area (Å²) in [5.74, 6) is 0.471. The lowest BCUT2D eigenvalue weighted by molar-refractivity contribution is -0.204. The molecular weight excluding hydrogens is 432 g/mol. The van der Waals surface area contributed by atoms with Crippen molar-refractivity contribution in [2.24, 2.45) is 0 Å². The van der Waals surface area contributed by atoms with E-state index in [2.05, 4.69) is 0 Å². The first-order valence-electron chi connectivity index (χ1n) is 10.7. The Hall–Kier alpha value is -2.85. The molecule has 1 aliphatic rings. The summed E-state index contributed by atoms with van der Waals surface area (Å²) in [5, 5.41) is 39.6. The van der Waals surface area contributed by atoms with Crippen LogP contribution in [-0.4, -0.2) is 64.0 Å². The van der Waals surface area contributed by atoms with Gasteiger partial charge in [0.1, 0.15) is 40.8 Å². The number of aromatic hydroxyl groups is 1. The second-order valence-electron chi connectivity index (χ2n) is 8.12. The highest BCUT2D eigenvalue weighted by Crippen LogP contribution is 2.43. The zero-order valence-electron chi connectivity index (χ0n) is 19.0. The molecule has 0 saturated carbocycles. The molecule has 180 valence electrons. The van der Waals surface area contributed by atoms with Crippen LogP contribution in [0.4, 0.5) is 0 Å². The molecule has 0 saturated heterocycles. The van der Waals surface area contributed by atoms with Crippen molar-refractivity contribution >= 4 is 5.78 Å². The van der Waals surface area contributed by atoms with Gasteiger partial charge in [-0.25, -0.2) is 0 Å². The van der Waals surface area contributed by atoms with Crippen LogP contribution in [0.5, 0.6) is 23.0 Å². The molecule has 9 heteroatoms. The first-order valence-corrected chi connectivity index (χ1v) is 10.7. The average Bonchev–Trinajstić information content (AvgIpc) is 2.77. The van der Waals surface area contributed by atoms with E-state index >= 15 is 0 Å². The van der Waals surface area contributed by atoms with E-state index in [1.165, 1.54) is 39.2 Å². The van der Waals surface area contributed by atoms with Crippen molar-refractivity contribution in [1.82, 2.24) is 0 Å². The fraction of sp³-hybridized carbons (Fsp3) is 0.458. The Balaban J connectivity index is 1.96. The summed E-state index contributed by atoms with van der Waals surface area (Å²) < 4.78 is 22.9. The van der Waals surface area contributed by atoms with E-state index < -0.39 is 36.8 Å². The van der Waals surface area contributed by atoms with E-state index in [4.69, 9.17) is 18.9 Å². The van der Waals surface area contributed by atoms with Crippen LogP contribution >= 0.6 is 0 Å². The average molecular weight is 462 g/mol. The first-order chi connectivity index (χ1) is 15.6. The number of hydrogen-bond donors (Lipinski definition) is 4. The number of benzene rings is 2. The number of carbonyl (C=O) groups excluding carboxylic acids is 1. The molecular formula is C24H30O9. The first kappa shape index (κ1) is 24.8. The highest BCUT2D eigenvalue weighted by atomic mass is 16.7. The summed E-state index contributed by atoms with van der Waals surface area (Å²) in [4.78, 5) is 13.1. The maximum Gasteiger partial charge on any atom is 0.229 e. The number of rotatable bonds is 9.